The molecule has 0 rings (SSSR count). The largest absolute Gasteiger partial charge is 0.472 e. The van der Waals surface area contributed by atoms with E-state index < -0.39 is 13.9 Å². The van der Waals surface area contributed by atoms with E-state index >= 15 is 0 Å². The molecule has 8 nitrogen and oxygen atoms in total. The molecule has 0 aliphatic rings. The lowest BCUT2D eigenvalue weighted by Gasteiger charge is -2.24. The molecule has 0 saturated carbocycles. The van der Waals surface area contributed by atoms with Crippen molar-refractivity contribution in [2.75, 3.05) is 54.1 Å². The Morgan fingerprint density at radius 2 is 0.921 bits per heavy atom. The van der Waals surface area contributed by atoms with E-state index in [0.717, 1.165) is 70.6 Å². The van der Waals surface area contributed by atoms with Gasteiger partial charge in [0.1, 0.15) is 19.3 Å². The summed E-state index contributed by atoms with van der Waals surface area (Å²) in [6, 6.07) is 0. The minimum absolute atomic E-state index is 0.0826. The van der Waals surface area contributed by atoms with Crippen LogP contribution in [0, 0.1) is 0 Å². The van der Waals surface area contributed by atoms with Gasteiger partial charge in [0.15, 0.2) is 0 Å². The number of carbonyl (C=O) groups is 1. The van der Waals surface area contributed by atoms with Crippen LogP contribution in [0.4, 0.5) is 0 Å². The van der Waals surface area contributed by atoms with Crippen molar-refractivity contribution in [3.05, 3.63) is 72.9 Å². The van der Waals surface area contributed by atoms with E-state index in [-0.39, 0.29) is 25.8 Å². The predicted molar refractivity (Wildman–Crippen MR) is 270 cm³/mol. The van der Waals surface area contributed by atoms with Gasteiger partial charge in [-0.3, -0.25) is 13.8 Å². The summed E-state index contributed by atoms with van der Waals surface area (Å²) < 4.78 is 35.1. The van der Waals surface area contributed by atoms with Crippen molar-refractivity contribution >= 4 is 13.8 Å². The van der Waals surface area contributed by atoms with Crippen LogP contribution in [0.1, 0.15) is 206 Å². The molecule has 0 heterocycles. The van der Waals surface area contributed by atoms with Gasteiger partial charge in [-0.05, 0) is 83.5 Å². The average molecular weight is 905 g/mol. The molecule has 0 aromatic rings. The summed E-state index contributed by atoms with van der Waals surface area (Å²) in [5, 5.41) is 0. The van der Waals surface area contributed by atoms with E-state index in [9.17, 15) is 14.3 Å². The third kappa shape index (κ3) is 50.8. The Balaban J connectivity index is 4.19. The molecule has 2 unspecified atom stereocenters. The number of allylic oxidation sites excluding steroid dienone is 12. The first-order valence-corrected chi connectivity index (χ1v) is 27.2. The van der Waals surface area contributed by atoms with Crippen molar-refractivity contribution < 1.29 is 37.3 Å². The number of phosphoric acid groups is 1. The lowest BCUT2D eigenvalue weighted by molar-refractivity contribution is -0.870. The molecule has 0 aliphatic carbocycles. The fourth-order valence-corrected chi connectivity index (χ4v) is 7.55. The lowest BCUT2D eigenvalue weighted by Crippen LogP contribution is -2.37. The quantitative estimate of drug-likeness (QED) is 0.0214. The Hall–Kier alpha value is -2.06. The number of carbonyl (C=O) groups excluding carboxylic acids is 1. The van der Waals surface area contributed by atoms with Crippen molar-refractivity contribution in [3.8, 4) is 0 Å². The molecule has 0 aromatic carbocycles. The number of ether oxygens (including phenoxy) is 2. The van der Waals surface area contributed by atoms with E-state index in [1.165, 1.54) is 116 Å². The minimum Gasteiger partial charge on any atom is -0.457 e. The molecule has 0 aliphatic heterocycles. The van der Waals surface area contributed by atoms with E-state index in [4.69, 9.17) is 18.5 Å². The maximum absolute atomic E-state index is 12.8. The van der Waals surface area contributed by atoms with Gasteiger partial charge >= 0.3 is 13.8 Å². The number of hydrogen-bond acceptors (Lipinski definition) is 6. The summed E-state index contributed by atoms with van der Waals surface area (Å²) in [5.41, 5.74) is 0. The Morgan fingerprint density at radius 1 is 0.508 bits per heavy atom. The molecular formula is C54H99NO7P+. The van der Waals surface area contributed by atoms with Crippen molar-refractivity contribution in [2.24, 2.45) is 0 Å². The standard InChI is InChI=1S/C54H98NO7P/c1-6-8-10-12-14-16-18-20-22-24-26-27-28-29-30-31-33-35-37-39-41-43-45-47-54(56)62-53(52-61-63(57,58)60-50-48-55(3,4)5)51-59-49-46-44-42-40-38-36-34-32-25-23-21-19-17-15-13-11-9-7-2/h8,10,14,16,20-23,26-27,29-30,53H,6-7,9,11-13,15,17-19,24-25,28,31-52H2,1-5H3/p+1/b10-8-,16-14-,22-20-,23-21-,27-26-,30-29-. The number of hydrogen-bond donors (Lipinski definition) is 1. The number of rotatable bonds is 47. The van der Waals surface area contributed by atoms with Gasteiger partial charge in [-0.15, -0.1) is 0 Å². The normalized spacial score (nSPS) is 14.2. The Bertz CT molecular complexity index is 1230. The number of esters is 1. The first kappa shape index (κ1) is 60.9. The van der Waals surface area contributed by atoms with Gasteiger partial charge < -0.3 is 18.9 Å². The second-order valence-electron chi connectivity index (χ2n) is 18.2. The number of likely N-dealkylation sites (N-methyl/N-ethyl adjacent to an activating group) is 1. The first-order valence-electron chi connectivity index (χ1n) is 25.7. The zero-order chi connectivity index (χ0) is 46.2. The second kappa shape index (κ2) is 46.5. The van der Waals surface area contributed by atoms with Gasteiger partial charge in [-0.25, -0.2) is 4.57 Å². The Labute approximate surface area is 389 Å². The van der Waals surface area contributed by atoms with Crippen molar-refractivity contribution in [3.63, 3.8) is 0 Å². The smallest absolute Gasteiger partial charge is 0.457 e. The van der Waals surface area contributed by atoms with Crippen LogP contribution in [0.15, 0.2) is 72.9 Å². The van der Waals surface area contributed by atoms with Gasteiger partial charge in [0.05, 0.1) is 34.4 Å². The van der Waals surface area contributed by atoms with Gasteiger partial charge in [0.2, 0.25) is 0 Å². The molecule has 0 amide bonds. The molecule has 0 spiro atoms. The van der Waals surface area contributed by atoms with Crippen molar-refractivity contribution in [1.29, 1.82) is 0 Å². The summed E-state index contributed by atoms with van der Waals surface area (Å²) in [4.78, 5) is 23.0. The van der Waals surface area contributed by atoms with E-state index in [1.807, 2.05) is 21.1 Å². The molecule has 2 atom stereocenters. The highest BCUT2D eigenvalue weighted by Crippen LogP contribution is 2.43. The Morgan fingerprint density at radius 3 is 1.40 bits per heavy atom. The highest BCUT2D eigenvalue weighted by molar-refractivity contribution is 7.47. The highest BCUT2D eigenvalue weighted by atomic mass is 31.2. The van der Waals surface area contributed by atoms with Crippen LogP contribution in [0.2, 0.25) is 0 Å². The molecule has 0 radical (unpaired) electrons. The lowest BCUT2D eigenvalue weighted by atomic mass is 10.1. The zero-order valence-corrected chi connectivity index (χ0v) is 42.4. The van der Waals surface area contributed by atoms with Crippen LogP contribution in [-0.4, -0.2) is 75.6 Å². The van der Waals surface area contributed by atoms with Gasteiger partial charge in [0, 0.05) is 13.0 Å². The van der Waals surface area contributed by atoms with Crippen LogP contribution in [0.25, 0.3) is 0 Å². The van der Waals surface area contributed by atoms with Gasteiger partial charge in [-0.2, -0.15) is 0 Å². The van der Waals surface area contributed by atoms with Crippen LogP contribution < -0.4 is 0 Å². The third-order valence-corrected chi connectivity index (χ3v) is 11.7. The molecule has 9 heteroatoms. The summed E-state index contributed by atoms with van der Waals surface area (Å²) in [7, 11) is 1.65. The maximum Gasteiger partial charge on any atom is 0.472 e. The molecule has 63 heavy (non-hydrogen) atoms. The second-order valence-corrected chi connectivity index (χ2v) is 19.6. The summed E-state index contributed by atoms with van der Waals surface area (Å²) in [6.45, 7) is 5.49. The van der Waals surface area contributed by atoms with E-state index in [1.54, 1.807) is 0 Å². The molecule has 366 valence electrons. The molecule has 0 aromatic heterocycles. The molecule has 0 fully saturated rings. The highest BCUT2D eigenvalue weighted by Gasteiger charge is 2.26. The number of phosphoric ester groups is 1. The summed E-state index contributed by atoms with van der Waals surface area (Å²) >= 11 is 0. The zero-order valence-electron chi connectivity index (χ0n) is 41.5. The first-order chi connectivity index (χ1) is 30.6. The van der Waals surface area contributed by atoms with Crippen LogP contribution >= 0.6 is 7.82 Å². The van der Waals surface area contributed by atoms with Crippen LogP contribution in [0.3, 0.4) is 0 Å². The number of quaternary nitrogens is 1. The average Bonchev–Trinajstić information content (AvgIpc) is 3.24. The summed E-state index contributed by atoms with van der Waals surface area (Å²) in [6.07, 6.45) is 60.8. The van der Waals surface area contributed by atoms with Crippen molar-refractivity contribution in [2.45, 2.75) is 213 Å². The Kier molecular flexibility index (Phi) is 44.9. The van der Waals surface area contributed by atoms with Crippen LogP contribution in [0.5, 0.6) is 0 Å². The fraction of sp³-hybridized carbons (Fsp3) is 0.759. The fourth-order valence-electron chi connectivity index (χ4n) is 6.81. The third-order valence-electron chi connectivity index (χ3n) is 10.8. The number of nitrogens with zero attached hydrogens (tertiary/aromatic N) is 1. The molecule has 0 saturated heterocycles. The SMILES string of the molecule is CC/C=C\C/C=C\C/C=C\C/C=C\C/C=C\CCCCCCCCCC(=O)OC(COCCCCCCCCCC/C=C\CCCCCCCC)COP(=O)(O)OCC[N+](C)(C)C. The molecule has 1 N–H and O–H groups in total. The summed E-state index contributed by atoms with van der Waals surface area (Å²) in [5.74, 6) is -0.327. The molecular weight excluding hydrogens is 806 g/mol. The van der Waals surface area contributed by atoms with Gasteiger partial charge in [-0.1, -0.05) is 189 Å². The van der Waals surface area contributed by atoms with Crippen molar-refractivity contribution in [1.82, 2.24) is 0 Å². The maximum atomic E-state index is 12.8. The topological polar surface area (TPSA) is 91.3 Å². The minimum atomic E-state index is -4.29. The molecule has 0 bridgehead atoms. The van der Waals surface area contributed by atoms with Crippen LogP contribution in [-0.2, 0) is 27.9 Å². The van der Waals surface area contributed by atoms with E-state index in [2.05, 4.69) is 86.8 Å². The van der Waals surface area contributed by atoms with Gasteiger partial charge in [0.25, 0.3) is 0 Å². The predicted octanol–water partition coefficient (Wildman–Crippen LogP) is 15.8. The van der Waals surface area contributed by atoms with E-state index in [0.29, 0.717) is 24.1 Å². The monoisotopic (exact) mass is 905 g/mol. The number of unbranched alkanes of at least 4 members (excludes halogenated alkanes) is 21.